The first-order valence-corrected chi connectivity index (χ1v) is 11.2. The summed E-state index contributed by atoms with van der Waals surface area (Å²) >= 11 is 6.45. The lowest BCUT2D eigenvalue weighted by atomic mass is 10.1. The number of rotatable bonds is 10. The van der Waals surface area contributed by atoms with Gasteiger partial charge >= 0.3 is 0 Å². The average Bonchev–Trinajstić information content (AvgIpc) is 3.10. The number of carbonyl (C=O) groups is 1. The molecule has 3 rings (SSSR count). The van der Waals surface area contributed by atoms with Crippen LogP contribution in [0.5, 0.6) is 17.2 Å². The van der Waals surface area contributed by atoms with Crippen LogP contribution in [0, 0.1) is 12.7 Å². The zero-order chi connectivity index (χ0) is 24.7. The van der Waals surface area contributed by atoms with Gasteiger partial charge in [-0.3, -0.25) is 4.79 Å². The van der Waals surface area contributed by atoms with Crippen LogP contribution in [0.4, 0.5) is 4.39 Å². The highest BCUT2D eigenvalue weighted by molar-refractivity contribution is 6.32. The Morgan fingerprint density at radius 2 is 1.68 bits per heavy atom. The van der Waals surface area contributed by atoms with Crippen molar-refractivity contribution in [3.05, 3.63) is 64.2 Å². The molecule has 2 aromatic carbocycles. The molecule has 0 aliphatic rings. The molecule has 0 unspecified atom stereocenters. The van der Waals surface area contributed by atoms with Crippen LogP contribution in [-0.4, -0.2) is 41.7 Å². The second-order valence-electron chi connectivity index (χ2n) is 6.98. The normalized spacial score (nSPS) is 11.0. The molecule has 1 N–H and O–H groups in total. The van der Waals surface area contributed by atoms with Crippen LogP contribution in [0.25, 0.3) is 5.69 Å². The number of nitrogens with one attached hydrogen (secondary N) is 1. The topological polar surface area (TPSA) is 87.0 Å². The molecular formula is C24H26ClFN4O4. The Bertz CT molecular complexity index is 1150. The number of ether oxygens (including phenoxy) is 3. The number of benzene rings is 2. The van der Waals surface area contributed by atoms with Gasteiger partial charge in [-0.1, -0.05) is 11.6 Å². The second-order valence-corrected chi connectivity index (χ2v) is 7.34. The van der Waals surface area contributed by atoms with Crippen LogP contribution in [0.15, 0.2) is 41.5 Å². The number of hydrogen-bond acceptors (Lipinski definition) is 6. The summed E-state index contributed by atoms with van der Waals surface area (Å²) < 4.78 is 31.6. The van der Waals surface area contributed by atoms with Crippen LogP contribution in [0.1, 0.15) is 42.4 Å². The van der Waals surface area contributed by atoms with Gasteiger partial charge in [-0.05, 0) is 64.1 Å². The Morgan fingerprint density at radius 3 is 2.24 bits per heavy atom. The number of hydrazone groups is 1. The standard InChI is InChI=1S/C24H26ClFN4O4/c1-5-32-20-12-16(13-21(33-6-2)22(20)34-7-3)24(31)28-27-14-19-15(4)29-30(23(19)25)18-10-8-17(26)9-11-18/h8-14H,5-7H2,1-4H3,(H,28,31)/b27-14+. The number of nitrogens with zero attached hydrogens (tertiary/aromatic N) is 3. The summed E-state index contributed by atoms with van der Waals surface area (Å²) in [7, 11) is 0. The molecule has 1 heterocycles. The molecule has 10 heteroatoms. The first kappa shape index (κ1) is 25.0. The maximum absolute atomic E-state index is 13.2. The Hall–Kier alpha value is -3.59. The Labute approximate surface area is 202 Å². The fourth-order valence-corrected chi connectivity index (χ4v) is 3.47. The number of carbonyl (C=O) groups excluding carboxylic acids is 1. The monoisotopic (exact) mass is 488 g/mol. The van der Waals surface area contributed by atoms with E-state index in [1.807, 2.05) is 20.8 Å². The molecule has 0 aliphatic carbocycles. The summed E-state index contributed by atoms with van der Waals surface area (Å²) in [6, 6.07) is 8.92. The largest absolute Gasteiger partial charge is 0.490 e. The number of aryl methyl sites for hydroxylation is 1. The highest BCUT2D eigenvalue weighted by Gasteiger charge is 2.18. The van der Waals surface area contributed by atoms with Crippen molar-refractivity contribution < 1.29 is 23.4 Å². The van der Waals surface area contributed by atoms with Gasteiger partial charge in [0.15, 0.2) is 11.5 Å². The summed E-state index contributed by atoms with van der Waals surface area (Å²) in [5.41, 5.74) is 4.47. The quantitative estimate of drug-likeness (QED) is 0.323. The summed E-state index contributed by atoms with van der Waals surface area (Å²) in [5.74, 6) is 0.429. The molecule has 180 valence electrons. The highest BCUT2D eigenvalue weighted by atomic mass is 35.5. The minimum atomic E-state index is -0.471. The van der Waals surface area contributed by atoms with Crippen LogP contribution in [-0.2, 0) is 0 Å². The van der Waals surface area contributed by atoms with E-state index < -0.39 is 5.91 Å². The molecule has 1 aromatic heterocycles. The molecule has 0 radical (unpaired) electrons. The van der Waals surface area contributed by atoms with Gasteiger partial charge in [0.05, 0.1) is 43.0 Å². The summed E-state index contributed by atoms with van der Waals surface area (Å²) in [6.45, 7) is 8.49. The maximum atomic E-state index is 13.2. The van der Waals surface area contributed by atoms with E-state index in [0.29, 0.717) is 54.0 Å². The van der Waals surface area contributed by atoms with E-state index >= 15 is 0 Å². The third-order valence-electron chi connectivity index (χ3n) is 4.65. The third kappa shape index (κ3) is 5.66. The third-order valence-corrected chi connectivity index (χ3v) is 5.01. The van der Waals surface area contributed by atoms with E-state index in [1.54, 1.807) is 31.2 Å². The average molecular weight is 489 g/mol. The zero-order valence-electron chi connectivity index (χ0n) is 19.4. The van der Waals surface area contributed by atoms with Crippen LogP contribution < -0.4 is 19.6 Å². The number of halogens is 2. The molecule has 34 heavy (non-hydrogen) atoms. The van der Waals surface area contributed by atoms with Gasteiger partial charge in [-0.2, -0.15) is 10.2 Å². The fraction of sp³-hybridized carbons (Fsp3) is 0.292. The molecule has 3 aromatic rings. The van der Waals surface area contributed by atoms with Crippen LogP contribution in [0.2, 0.25) is 5.15 Å². The van der Waals surface area contributed by atoms with Crippen molar-refractivity contribution in [1.82, 2.24) is 15.2 Å². The van der Waals surface area contributed by atoms with Crippen molar-refractivity contribution in [2.75, 3.05) is 19.8 Å². The minimum absolute atomic E-state index is 0.278. The second kappa shape index (κ2) is 11.5. The lowest BCUT2D eigenvalue weighted by Crippen LogP contribution is -2.18. The molecule has 0 aliphatic heterocycles. The fourth-order valence-electron chi connectivity index (χ4n) is 3.15. The van der Waals surface area contributed by atoms with Gasteiger partial charge in [-0.25, -0.2) is 14.5 Å². The SMILES string of the molecule is CCOc1cc(C(=O)N/N=C/c2c(C)nn(-c3ccc(F)cc3)c2Cl)cc(OCC)c1OCC. The molecule has 8 nitrogen and oxygen atoms in total. The van der Waals surface area contributed by atoms with Crippen molar-refractivity contribution in [2.45, 2.75) is 27.7 Å². The van der Waals surface area contributed by atoms with E-state index in [-0.39, 0.29) is 16.5 Å². The molecule has 0 atom stereocenters. The smallest absolute Gasteiger partial charge is 0.271 e. The maximum Gasteiger partial charge on any atom is 0.271 e. The molecular weight excluding hydrogens is 463 g/mol. The van der Waals surface area contributed by atoms with Crippen LogP contribution in [0.3, 0.4) is 0 Å². The Morgan fingerprint density at radius 1 is 1.09 bits per heavy atom. The van der Waals surface area contributed by atoms with Crippen molar-refractivity contribution in [3.8, 4) is 22.9 Å². The molecule has 0 saturated carbocycles. The lowest BCUT2D eigenvalue weighted by Gasteiger charge is -2.16. The van der Waals surface area contributed by atoms with E-state index in [2.05, 4.69) is 15.6 Å². The minimum Gasteiger partial charge on any atom is -0.490 e. The van der Waals surface area contributed by atoms with Crippen molar-refractivity contribution in [2.24, 2.45) is 5.10 Å². The lowest BCUT2D eigenvalue weighted by molar-refractivity contribution is 0.0954. The molecule has 0 fully saturated rings. The first-order valence-electron chi connectivity index (χ1n) is 10.8. The molecule has 0 saturated heterocycles. The van der Waals surface area contributed by atoms with E-state index in [9.17, 15) is 9.18 Å². The van der Waals surface area contributed by atoms with Gasteiger partial charge in [0.2, 0.25) is 5.75 Å². The summed E-state index contributed by atoms with van der Waals surface area (Å²) in [5, 5.41) is 8.68. The van der Waals surface area contributed by atoms with Gasteiger partial charge in [0, 0.05) is 5.56 Å². The number of amides is 1. The van der Waals surface area contributed by atoms with Gasteiger partial charge < -0.3 is 14.2 Å². The molecule has 0 spiro atoms. The van der Waals surface area contributed by atoms with Crippen molar-refractivity contribution in [3.63, 3.8) is 0 Å². The predicted molar refractivity (Wildman–Crippen MR) is 128 cm³/mol. The zero-order valence-corrected chi connectivity index (χ0v) is 20.1. The summed E-state index contributed by atoms with van der Waals surface area (Å²) in [4.78, 5) is 12.8. The Balaban J connectivity index is 1.83. The van der Waals surface area contributed by atoms with E-state index in [4.69, 9.17) is 25.8 Å². The molecule has 1 amide bonds. The highest BCUT2D eigenvalue weighted by Crippen LogP contribution is 2.39. The first-order chi connectivity index (χ1) is 16.4. The number of hydrogen-bond donors (Lipinski definition) is 1. The molecule has 0 bridgehead atoms. The van der Waals surface area contributed by atoms with Gasteiger partial charge in [-0.15, -0.1) is 0 Å². The van der Waals surface area contributed by atoms with E-state index in [1.165, 1.54) is 23.0 Å². The van der Waals surface area contributed by atoms with E-state index in [0.717, 1.165) is 0 Å². The Kier molecular flexibility index (Phi) is 8.48. The van der Waals surface area contributed by atoms with Crippen molar-refractivity contribution >= 4 is 23.7 Å². The van der Waals surface area contributed by atoms with Gasteiger partial charge in [0.1, 0.15) is 11.0 Å². The summed E-state index contributed by atoms with van der Waals surface area (Å²) in [6.07, 6.45) is 1.41. The van der Waals surface area contributed by atoms with Gasteiger partial charge in [0.25, 0.3) is 5.91 Å². The number of aromatic nitrogens is 2. The predicted octanol–water partition coefficient (Wildman–Crippen LogP) is 4.93. The van der Waals surface area contributed by atoms with Crippen LogP contribution >= 0.6 is 11.6 Å². The van der Waals surface area contributed by atoms with Crippen molar-refractivity contribution in [1.29, 1.82) is 0 Å².